The SMILES string of the molecule is C#CC(=C)N1CCC(C)C1. The minimum atomic E-state index is 0.782. The second-order valence-electron chi connectivity index (χ2n) is 2.93. The Morgan fingerprint density at radius 2 is 2.50 bits per heavy atom. The van der Waals surface area contributed by atoms with Gasteiger partial charge < -0.3 is 4.90 Å². The van der Waals surface area contributed by atoms with Crippen molar-refractivity contribution in [2.24, 2.45) is 5.92 Å². The predicted octanol–water partition coefficient (Wildman–Crippen LogP) is 1.48. The van der Waals surface area contributed by atoms with E-state index in [9.17, 15) is 0 Å². The molecule has 1 heteroatoms. The van der Waals surface area contributed by atoms with E-state index in [-0.39, 0.29) is 0 Å². The van der Waals surface area contributed by atoms with Gasteiger partial charge in [-0.05, 0) is 12.3 Å². The van der Waals surface area contributed by atoms with Crippen molar-refractivity contribution in [3.63, 3.8) is 0 Å². The number of allylic oxidation sites excluding steroid dienone is 1. The largest absolute Gasteiger partial charge is 0.365 e. The van der Waals surface area contributed by atoms with Crippen molar-refractivity contribution in [2.75, 3.05) is 13.1 Å². The summed E-state index contributed by atoms with van der Waals surface area (Å²) in [7, 11) is 0. The summed E-state index contributed by atoms with van der Waals surface area (Å²) in [6.07, 6.45) is 6.46. The Hall–Kier alpha value is -0.900. The molecule has 1 aliphatic heterocycles. The summed E-state index contributed by atoms with van der Waals surface area (Å²) in [6.45, 7) is 8.19. The molecular formula is C9H13N. The zero-order chi connectivity index (χ0) is 7.56. The van der Waals surface area contributed by atoms with Gasteiger partial charge in [0.1, 0.15) is 0 Å². The third kappa shape index (κ3) is 1.33. The first-order valence-corrected chi connectivity index (χ1v) is 3.64. The van der Waals surface area contributed by atoms with Crippen molar-refractivity contribution in [3.05, 3.63) is 12.3 Å². The first-order chi connectivity index (χ1) is 4.74. The molecule has 54 valence electrons. The van der Waals surface area contributed by atoms with E-state index >= 15 is 0 Å². The summed E-state index contributed by atoms with van der Waals surface area (Å²) in [4.78, 5) is 2.17. The molecule has 1 fully saturated rings. The molecule has 0 radical (unpaired) electrons. The van der Waals surface area contributed by atoms with E-state index in [1.54, 1.807) is 0 Å². The molecule has 0 aromatic rings. The maximum absolute atomic E-state index is 5.21. The molecule has 1 saturated heterocycles. The van der Waals surface area contributed by atoms with Gasteiger partial charge in [-0.3, -0.25) is 0 Å². The van der Waals surface area contributed by atoms with Crippen molar-refractivity contribution in [1.82, 2.24) is 4.90 Å². The van der Waals surface area contributed by atoms with Crippen molar-refractivity contribution < 1.29 is 0 Å². The van der Waals surface area contributed by atoms with E-state index < -0.39 is 0 Å². The van der Waals surface area contributed by atoms with Gasteiger partial charge >= 0.3 is 0 Å². The predicted molar refractivity (Wildman–Crippen MR) is 43.3 cm³/mol. The van der Waals surface area contributed by atoms with E-state index in [0.29, 0.717) is 0 Å². The minimum absolute atomic E-state index is 0.782. The lowest BCUT2D eigenvalue weighted by Crippen LogP contribution is -2.17. The highest BCUT2D eigenvalue weighted by atomic mass is 15.1. The summed E-state index contributed by atoms with van der Waals surface area (Å²) >= 11 is 0. The standard InChI is InChI=1S/C9H13N/c1-4-9(3)10-6-5-8(2)7-10/h1,8H,3,5-7H2,2H3. The monoisotopic (exact) mass is 135 g/mol. The van der Waals surface area contributed by atoms with Gasteiger partial charge in [0.15, 0.2) is 0 Å². The van der Waals surface area contributed by atoms with E-state index in [4.69, 9.17) is 6.42 Å². The van der Waals surface area contributed by atoms with Crippen molar-refractivity contribution >= 4 is 0 Å². The van der Waals surface area contributed by atoms with Crippen molar-refractivity contribution in [2.45, 2.75) is 13.3 Å². The second-order valence-corrected chi connectivity index (χ2v) is 2.93. The van der Waals surface area contributed by atoms with E-state index in [2.05, 4.69) is 24.3 Å². The van der Waals surface area contributed by atoms with Gasteiger partial charge in [-0.15, -0.1) is 6.42 Å². The Morgan fingerprint density at radius 3 is 2.90 bits per heavy atom. The molecule has 0 amide bonds. The van der Waals surface area contributed by atoms with E-state index in [1.165, 1.54) is 6.42 Å². The second kappa shape index (κ2) is 2.79. The molecule has 1 rings (SSSR count). The average molecular weight is 135 g/mol. The van der Waals surface area contributed by atoms with Crippen LogP contribution in [0.1, 0.15) is 13.3 Å². The lowest BCUT2D eigenvalue weighted by Gasteiger charge is -2.15. The molecule has 0 bridgehead atoms. The molecular weight excluding hydrogens is 122 g/mol. The first-order valence-electron chi connectivity index (χ1n) is 3.64. The normalized spacial score (nSPS) is 24.4. The van der Waals surface area contributed by atoms with Crippen LogP contribution in [0, 0.1) is 18.3 Å². The van der Waals surface area contributed by atoms with Gasteiger partial charge in [0.05, 0.1) is 5.70 Å². The summed E-state index contributed by atoms with van der Waals surface area (Å²) in [5, 5.41) is 0. The number of likely N-dealkylation sites (tertiary alicyclic amines) is 1. The van der Waals surface area contributed by atoms with Crippen LogP contribution < -0.4 is 0 Å². The fraction of sp³-hybridized carbons (Fsp3) is 0.556. The van der Waals surface area contributed by atoms with Gasteiger partial charge in [0.2, 0.25) is 0 Å². The molecule has 0 spiro atoms. The fourth-order valence-electron chi connectivity index (χ4n) is 1.27. The van der Waals surface area contributed by atoms with E-state index in [1.807, 2.05) is 0 Å². The average Bonchev–Trinajstić information content (AvgIpc) is 2.34. The highest BCUT2D eigenvalue weighted by Gasteiger charge is 2.18. The van der Waals surface area contributed by atoms with Crippen LogP contribution in [0.4, 0.5) is 0 Å². The molecule has 10 heavy (non-hydrogen) atoms. The molecule has 0 saturated carbocycles. The van der Waals surface area contributed by atoms with Crippen molar-refractivity contribution in [1.29, 1.82) is 0 Å². The summed E-state index contributed by atoms with van der Waals surface area (Å²) in [5.41, 5.74) is 0.837. The lowest BCUT2D eigenvalue weighted by molar-refractivity contribution is 0.428. The molecule has 0 N–H and O–H groups in total. The van der Waals surface area contributed by atoms with Gasteiger partial charge in [-0.1, -0.05) is 19.4 Å². The minimum Gasteiger partial charge on any atom is -0.365 e. The Labute approximate surface area is 62.7 Å². The van der Waals surface area contributed by atoms with Crippen LogP contribution in [0.3, 0.4) is 0 Å². The molecule has 0 aliphatic carbocycles. The zero-order valence-electron chi connectivity index (χ0n) is 6.43. The Morgan fingerprint density at radius 1 is 1.80 bits per heavy atom. The third-order valence-corrected chi connectivity index (χ3v) is 1.97. The summed E-state index contributed by atoms with van der Waals surface area (Å²) in [5.74, 6) is 3.34. The number of rotatable bonds is 1. The highest BCUT2D eigenvalue weighted by Crippen LogP contribution is 2.17. The van der Waals surface area contributed by atoms with Gasteiger partial charge in [0, 0.05) is 13.1 Å². The first kappa shape index (κ1) is 7.21. The van der Waals surface area contributed by atoms with Crippen LogP contribution in [0.25, 0.3) is 0 Å². The van der Waals surface area contributed by atoms with Crippen LogP contribution in [-0.4, -0.2) is 18.0 Å². The number of nitrogens with zero attached hydrogens (tertiary/aromatic N) is 1. The lowest BCUT2D eigenvalue weighted by atomic mass is 10.2. The quantitative estimate of drug-likeness (QED) is 0.492. The third-order valence-electron chi connectivity index (χ3n) is 1.97. The van der Waals surface area contributed by atoms with Crippen LogP contribution in [0.15, 0.2) is 12.3 Å². The van der Waals surface area contributed by atoms with Crippen LogP contribution in [0.5, 0.6) is 0 Å². The molecule has 0 aromatic carbocycles. The molecule has 1 heterocycles. The maximum atomic E-state index is 5.21. The van der Waals surface area contributed by atoms with Crippen LogP contribution in [-0.2, 0) is 0 Å². The Balaban J connectivity index is 2.47. The molecule has 1 atom stereocenters. The van der Waals surface area contributed by atoms with Crippen LogP contribution in [0.2, 0.25) is 0 Å². The number of terminal acetylenes is 1. The zero-order valence-corrected chi connectivity index (χ0v) is 6.43. The maximum Gasteiger partial charge on any atom is 0.0803 e. The highest BCUT2D eigenvalue weighted by molar-refractivity contribution is 5.20. The number of hydrogen-bond acceptors (Lipinski definition) is 1. The number of hydrogen-bond donors (Lipinski definition) is 0. The smallest absolute Gasteiger partial charge is 0.0803 e. The Kier molecular flexibility index (Phi) is 2.01. The fourth-order valence-corrected chi connectivity index (χ4v) is 1.27. The van der Waals surface area contributed by atoms with Gasteiger partial charge in [-0.2, -0.15) is 0 Å². The van der Waals surface area contributed by atoms with Crippen molar-refractivity contribution in [3.8, 4) is 12.3 Å². The van der Waals surface area contributed by atoms with Gasteiger partial charge in [-0.25, -0.2) is 0 Å². The summed E-state index contributed by atoms with van der Waals surface area (Å²) < 4.78 is 0. The topological polar surface area (TPSA) is 3.24 Å². The molecule has 1 nitrogen and oxygen atoms in total. The Bertz CT molecular complexity index is 176. The van der Waals surface area contributed by atoms with Gasteiger partial charge in [0.25, 0.3) is 0 Å². The molecule has 0 aromatic heterocycles. The molecule has 1 aliphatic rings. The summed E-state index contributed by atoms with van der Waals surface area (Å²) in [6, 6.07) is 0. The van der Waals surface area contributed by atoms with E-state index in [0.717, 1.165) is 24.7 Å². The van der Waals surface area contributed by atoms with Crippen LogP contribution >= 0.6 is 0 Å². The molecule has 1 unspecified atom stereocenters.